The van der Waals surface area contributed by atoms with Crippen LogP contribution < -0.4 is 4.90 Å². The second kappa shape index (κ2) is 5.04. The van der Waals surface area contributed by atoms with Gasteiger partial charge < -0.3 is 9.64 Å². The van der Waals surface area contributed by atoms with Crippen molar-refractivity contribution in [3.8, 4) is 0 Å². The highest BCUT2D eigenvalue weighted by Gasteiger charge is 2.35. The van der Waals surface area contributed by atoms with Crippen molar-refractivity contribution in [2.24, 2.45) is 0 Å². The van der Waals surface area contributed by atoms with Crippen LogP contribution in [-0.4, -0.2) is 35.3 Å². The molecular weight excluding hydrogens is 361 g/mol. The molecule has 110 valence electrons. The van der Waals surface area contributed by atoms with Gasteiger partial charge in [0.1, 0.15) is 11.3 Å². The summed E-state index contributed by atoms with van der Waals surface area (Å²) >= 11 is 9.17. The molecule has 2 aromatic rings. The number of aromatic nitrogens is 2. The Hall–Kier alpha value is -0.980. The van der Waals surface area contributed by atoms with Crippen LogP contribution in [0, 0.1) is 5.82 Å². The largest absolute Gasteiger partial charge is 0.371 e. The maximum absolute atomic E-state index is 14.3. The zero-order valence-electron chi connectivity index (χ0n) is 11.0. The molecule has 2 saturated heterocycles. The Morgan fingerprint density at radius 1 is 1.24 bits per heavy atom. The molecule has 2 bridgehead atoms. The third-order valence-electron chi connectivity index (χ3n) is 4.06. The number of ether oxygens (including phenoxy) is 1. The van der Waals surface area contributed by atoms with Gasteiger partial charge in [-0.1, -0.05) is 0 Å². The molecule has 0 amide bonds. The van der Waals surface area contributed by atoms with Crippen molar-refractivity contribution in [2.75, 3.05) is 18.0 Å². The second-order valence-corrected chi connectivity index (χ2v) is 6.63. The molecule has 1 aromatic carbocycles. The number of nitrogens with zero attached hydrogens (tertiary/aromatic N) is 3. The molecule has 4 nitrogen and oxygen atoms in total. The van der Waals surface area contributed by atoms with Gasteiger partial charge in [0.25, 0.3) is 0 Å². The fourth-order valence-corrected chi connectivity index (χ4v) is 3.61. The molecule has 4 rings (SSSR count). The van der Waals surface area contributed by atoms with Crippen LogP contribution in [-0.2, 0) is 4.74 Å². The summed E-state index contributed by atoms with van der Waals surface area (Å²) in [5.41, 5.74) is 0.248. The van der Waals surface area contributed by atoms with Gasteiger partial charge in [-0.2, -0.15) is 4.98 Å². The number of rotatable bonds is 1. The molecule has 2 aliphatic rings. The molecule has 21 heavy (non-hydrogen) atoms. The SMILES string of the molecule is Fc1c(Br)ccc2c(N3CC4CCC(C3)O4)nc(Cl)nc12. The molecule has 1 aromatic heterocycles. The summed E-state index contributed by atoms with van der Waals surface area (Å²) in [5.74, 6) is 0.283. The number of halogens is 3. The molecule has 2 aliphatic heterocycles. The molecule has 2 unspecified atom stereocenters. The zero-order valence-corrected chi connectivity index (χ0v) is 13.4. The normalized spacial score (nSPS) is 24.8. The van der Waals surface area contributed by atoms with E-state index in [1.165, 1.54) is 0 Å². The van der Waals surface area contributed by atoms with Gasteiger partial charge in [0, 0.05) is 18.5 Å². The summed E-state index contributed by atoms with van der Waals surface area (Å²) in [5, 5.41) is 0.745. The highest BCUT2D eigenvalue weighted by molar-refractivity contribution is 9.10. The van der Waals surface area contributed by atoms with Crippen molar-refractivity contribution in [3.63, 3.8) is 0 Å². The predicted molar refractivity (Wildman–Crippen MR) is 82.3 cm³/mol. The lowest BCUT2D eigenvalue weighted by Gasteiger charge is -2.33. The van der Waals surface area contributed by atoms with E-state index in [1.807, 2.05) is 6.07 Å². The Morgan fingerprint density at radius 3 is 2.67 bits per heavy atom. The van der Waals surface area contributed by atoms with Crippen molar-refractivity contribution in [2.45, 2.75) is 25.0 Å². The third-order valence-corrected chi connectivity index (χ3v) is 4.84. The lowest BCUT2D eigenvalue weighted by Crippen LogP contribution is -2.43. The van der Waals surface area contributed by atoms with E-state index in [9.17, 15) is 4.39 Å². The van der Waals surface area contributed by atoms with Gasteiger partial charge in [-0.05, 0) is 52.5 Å². The van der Waals surface area contributed by atoms with Crippen LogP contribution in [0.4, 0.5) is 10.2 Å². The van der Waals surface area contributed by atoms with Gasteiger partial charge in [0.05, 0.1) is 16.7 Å². The monoisotopic (exact) mass is 371 g/mol. The first-order valence-electron chi connectivity index (χ1n) is 6.83. The Balaban J connectivity index is 1.86. The standard InChI is InChI=1S/C14H12BrClFN3O/c15-10-4-3-9-12(11(10)17)18-14(16)19-13(9)20-5-7-1-2-8(6-20)21-7/h3-4,7-8H,1-2,5-6H2. The van der Waals surface area contributed by atoms with E-state index in [-0.39, 0.29) is 23.0 Å². The molecular formula is C14H12BrClFN3O. The number of hydrogen-bond acceptors (Lipinski definition) is 4. The molecule has 0 spiro atoms. The van der Waals surface area contributed by atoms with Gasteiger partial charge in [-0.3, -0.25) is 0 Å². The highest BCUT2D eigenvalue weighted by atomic mass is 79.9. The highest BCUT2D eigenvalue weighted by Crippen LogP contribution is 2.34. The summed E-state index contributed by atoms with van der Waals surface area (Å²) in [4.78, 5) is 10.5. The molecule has 0 radical (unpaired) electrons. The lowest BCUT2D eigenvalue weighted by atomic mass is 10.2. The van der Waals surface area contributed by atoms with Crippen molar-refractivity contribution in [3.05, 3.63) is 27.7 Å². The molecule has 7 heteroatoms. The molecule has 3 heterocycles. The predicted octanol–water partition coefficient (Wildman–Crippen LogP) is 3.55. The number of fused-ring (bicyclic) bond motifs is 3. The van der Waals surface area contributed by atoms with E-state index in [4.69, 9.17) is 16.3 Å². The first-order valence-corrected chi connectivity index (χ1v) is 8.00. The lowest BCUT2D eigenvalue weighted by molar-refractivity contribution is 0.0303. The van der Waals surface area contributed by atoms with Crippen molar-refractivity contribution >= 4 is 44.3 Å². The summed E-state index contributed by atoms with van der Waals surface area (Å²) < 4.78 is 20.5. The van der Waals surface area contributed by atoms with Crippen molar-refractivity contribution in [1.82, 2.24) is 9.97 Å². The Morgan fingerprint density at radius 2 is 1.95 bits per heavy atom. The summed E-state index contributed by atoms with van der Waals surface area (Å²) in [7, 11) is 0. The second-order valence-electron chi connectivity index (χ2n) is 5.44. The number of morpholine rings is 1. The van der Waals surface area contributed by atoms with Crippen molar-refractivity contribution < 1.29 is 9.13 Å². The van der Waals surface area contributed by atoms with Gasteiger partial charge >= 0.3 is 0 Å². The first-order chi connectivity index (χ1) is 10.1. The van der Waals surface area contributed by atoms with E-state index in [1.54, 1.807) is 6.07 Å². The van der Waals surface area contributed by atoms with Crippen LogP contribution in [0.15, 0.2) is 16.6 Å². The maximum atomic E-state index is 14.3. The minimum Gasteiger partial charge on any atom is -0.371 e. The number of anilines is 1. The molecule has 2 fully saturated rings. The van der Waals surface area contributed by atoms with Gasteiger partial charge in [0.2, 0.25) is 5.28 Å². The van der Waals surface area contributed by atoms with E-state index in [2.05, 4.69) is 30.8 Å². The van der Waals surface area contributed by atoms with Crippen LogP contribution in [0.5, 0.6) is 0 Å². The van der Waals surface area contributed by atoms with E-state index in [0.717, 1.165) is 25.9 Å². The molecule has 0 N–H and O–H groups in total. The smallest absolute Gasteiger partial charge is 0.225 e. The Kier molecular flexibility index (Phi) is 3.28. The van der Waals surface area contributed by atoms with Gasteiger partial charge in [-0.25, -0.2) is 9.37 Å². The van der Waals surface area contributed by atoms with Crippen molar-refractivity contribution in [1.29, 1.82) is 0 Å². The van der Waals surface area contributed by atoms with Crippen LogP contribution in [0.1, 0.15) is 12.8 Å². The van der Waals surface area contributed by atoms with Crippen LogP contribution >= 0.6 is 27.5 Å². The molecule has 2 atom stereocenters. The average Bonchev–Trinajstić information content (AvgIpc) is 2.81. The summed E-state index contributed by atoms with van der Waals surface area (Å²) in [6.07, 6.45) is 2.59. The molecule has 0 aliphatic carbocycles. The third kappa shape index (κ3) is 2.29. The van der Waals surface area contributed by atoms with Crippen LogP contribution in [0.25, 0.3) is 10.9 Å². The van der Waals surface area contributed by atoms with Crippen LogP contribution in [0.3, 0.4) is 0 Å². The fraction of sp³-hybridized carbons (Fsp3) is 0.429. The van der Waals surface area contributed by atoms with E-state index >= 15 is 0 Å². The van der Waals surface area contributed by atoms with E-state index in [0.29, 0.717) is 15.7 Å². The fourth-order valence-electron chi connectivity index (χ4n) is 3.12. The minimum atomic E-state index is -0.408. The maximum Gasteiger partial charge on any atom is 0.225 e. The Bertz CT molecular complexity index is 717. The quantitative estimate of drug-likeness (QED) is 0.718. The topological polar surface area (TPSA) is 38.2 Å². The first kappa shape index (κ1) is 13.7. The number of hydrogen-bond donors (Lipinski definition) is 0. The average molecular weight is 373 g/mol. The Labute approximate surface area is 134 Å². The zero-order chi connectivity index (χ0) is 14.6. The van der Waals surface area contributed by atoms with E-state index < -0.39 is 5.82 Å². The molecule has 0 saturated carbocycles. The summed E-state index contributed by atoms with van der Waals surface area (Å²) in [6.45, 7) is 1.52. The van der Waals surface area contributed by atoms with Gasteiger partial charge in [-0.15, -0.1) is 0 Å². The number of benzene rings is 1. The van der Waals surface area contributed by atoms with Gasteiger partial charge in [0.15, 0.2) is 5.82 Å². The summed E-state index contributed by atoms with van der Waals surface area (Å²) in [6, 6.07) is 3.50. The van der Waals surface area contributed by atoms with Crippen LogP contribution in [0.2, 0.25) is 5.28 Å². The minimum absolute atomic E-state index is 0.0633.